The minimum Gasteiger partial charge on any atom is -0.307 e. The van der Waals surface area contributed by atoms with E-state index in [0.717, 1.165) is 67.0 Å². The van der Waals surface area contributed by atoms with E-state index in [-0.39, 0.29) is 0 Å². The molecule has 292 valence electrons. The van der Waals surface area contributed by atoms with E-state index in [0.29, 0.717) is 23.5 Å². The monoisotopic (exact) mass is 793 g/mol. The number of para-hydroxylation sites is 2. The summed E-state index contributed by atoms with van der Waals surface area (Å²) in [5.41, 5.74) is 13.4. The molecule has 8 aromatic carbocycles. The van der Waals surface area contributed by atoms with E-state index in [1.54, 1.807) is 0 Å². The molecule has 12 rings (SSSR count). The van der Waals surface area contributed by atoms with Crippen LogP contribution in [0.3, 0.4) is 0 Å². The van der Waals surface area contributed by atoms with E-state index < -0.39 is 0 Å². The number of hydrogen-bond donors (Lipinski definition) is 0. The Hall–Kier alpha value is -8.15. The molecule has 1 aliphatic rings. The van der Waals surface area contributed by atoms with E-state index in [4.69, 9.17) is 15.0 Å². The Morgan fingerprint density at radius 1 is 0.403 bits per heavy atom. The van der Waals surface area contributed by atoms with Crippen LogP contribution in [0.5, 0.6) is 0 Å². The minimum absolute atomic E-state index is 0.347. The fourth-order valence-electron chi connectivity index (χ4n) is 9.40. The van der Waals surface area contributed by atoms with Crippen LogP contribution in [0.4, 0.5) is 0 Å². The molecule has 0 spiro atoms. The Bertz CT molecular complexity index is 3520. The quantitative estimate of drug-likeness (QED) is 0.161. The molecule has 0 aliphatic heterocycles. The van der Waals surface area contributed by atoms with Crippen LogP contribution in [-0.2, 0) is 0 Å². The maximum Gasteiger partial charge on any atom is 0.238 e. The van der Waals surface area contributed by atoms with Crippen molar-refractivity contribution in [2.75, 3.05) is 0 Å². The van der Waals surface area contributed by atoms with Crippen LogP contribution in [0.2, 0.25) is 0 Å². The average molecular weight is 794 g/mol. The van der Waals surface area contributed by atoms with E-state index in [9.17, 15) is 0 Å². The zero-order valence-corrected chi connectivity index (χ0v) is 33.8. The van der Waals surface area contributed by atoms with Crippen molar-refractivity contribution in [3.05, 3.63) is 230 Å². The smallest absolute Gasteiger partial charge is 0.238 e. The van der Waals surface area contributed by atoms with Crippen molar-refractivity contribution >= 4 is 49.2 Å². The highest BCUT2D eigenvalue weighted by Gasteiger charge is 2.24. The van der Waals surface area contributed by atoms with Crippen LogP contribution >= 0.6 is 0 Å². The number of allylic oxidation sites excluding steroid dienone is 4. The first-order valence-electron chi connectivity index (χ1n) is 21.2. The lowest BCUT2D eigenvalue weighted by Gasteiger charge is -2.19. The number of nitrogens with zero attached hydrogens (tertiary/aromatic N) is 5. The maximum atomic E-state index is 5.39. The van der Waals surface area contributed by atoms with Crippen LogP contribution in [-0.4, -0.2) is 24.1 Å². The molecule has 0 N–H and O–H groups in total. The number of aromatic nitrogens is 5. The second-order valence-corrected chi connectivity index (χ2v) is 16.0. The molecule has 1 aliphatic carbocycles. The molecule has 0 saturated carbocycles. The Labute approximate surface area is 359 Å². The first kappa shape index (κ1) is 35.8. The van der Waals surface area contributed by atoms with Gasteiger partial charge in [0.1, 0.15) is 0 Å². The summed E-state index contributed by atoms with van der Waals surface area (Å²) in [7, 11) is 0. The molecule has 0 bridgehead atoms. The van der Waals surface area contributed by atoms with Gasteiger partial charge in [-0.15, -0.1) is 0 Å². The number of benzene rings is 8. The highest BCUT2D eigenvalue weighted by molar-refractivity contribution is 6.23. The zero-order chi connectivity index (χ0) is 41.0. The summed E-state index contributed by atoms with van der Waals surface area (Å²) in [5.74, 6) is 2.15. The first-order valence-corrected chi connectivity index (χ1v) is 21.2. The van der Waals surface area contributed by atoms with Crippen LogP contribution in [0.15, 0.2) is 218 Å². The fraction of sp³-hybridized carbons (Fsp3) is 0.0351. The molecule has 11 aromatic rings. The lowest BCUT2D eigenvalue weighted by Crippen LogP contribution is -2.07. The average Bonchev–Trinajstić information content (AvgIpc) is 3.88. The zero-order valence-electron chi connectivity index (χ0n) is 33.8. The van der Waals surface area contributed by atoms with Crippen LogP contribution < -0.4 is 0 Å². The van der Waals surface area contributed by atoms with Crippen molar-refractivity contribution in [1.29, 1.82) is 0 Å². The predicted octanol–water partition coefficient (Wildman–Crippen LogP) is 14.2. The van der Waals surface area contributed by atoms with Gasteiger partial charge in [0.05, 0.1) is 22.1 Å². The van der Waals surface area contributed by atoms with Gasteiger partial charge in [0, 0.05) is 44.3 Å². The van der Waals surface area contributed by atoms with Gasteiger partial charge in [-0.05, 0) is 58.5 Å². The van der Waals surface area contributed by atoms with Crippen molar-refractivity contribution in [2.45, 2.75) is 12.3 Å². The maximum absolute atomic E-state index is 5.39. The lowest BCUT2D eigenvalue weighted by atomic mass is 9.85. The van der Waals surface area contributed by atoms with Gasteiger partial charge in [0.15, 0.2) is 11.6 Å². The van der Waals surface area contributed by atoms with Crippen LogP contribution in [0.1, 0.15) is 23.5 Å². The molecular formula is C57H39N5. The molecule has 62 heavy (non-hydrogen) atoms. The van der Waals surface area contributed by atoms with Gasteiger partial charge >= 0.3 is 0 Å². The molecule has 0 fully saturated rings. The van der Waals surface area contributed by atoms with Gasteiger partial charge in [0.25, 0.3) is 0 Å². The van der Waals surface area contributed by atoms with Crippen LogP contribution in [0, 0.1) is 0 Å². The summed E-state index contributed by atoms with van der Waals surface area (Å²) in [5, 5.41) is 4.62. The molecule has 3 aromatic heterocycles. The number of fused-ring (bicyclic) bond motifs is 7. The molecular weight excluding hydrogens is 755 g/mol. The Morgan fingerprint density at radius 3 is 1.61 bits per heavy atom. The van der Waals surface area contributed by atoms with Gasteiger partial charge in [-0.2, -0.15) is 9.97 Å². The molecule has 5 heteroatoms. The normalized spacial score (nSPS) is 13.9. The highest BCUT2D eigenvalue weighted by atomic mass is 15.2. The SMILES string of the molecule is C1=CC(c2ccccc2)CC(c2ccc(-c3nc(-c4ccccc4)nc(-n4c5ccccc5c5ccc6c7ccccc7n(-c7cccc(-c8ccccc8)c7)c6c54)n3)cc2)=C1. The van der Waals surface area contributed by atoms with E-state index in [1.165, 1.54) is 27.6 Å². The summed E-state index contributed by atoms with van der Waals surface area (Å²) in [6.45, 7) is 0. The van der Waals surface area contributed by atoms with Crippen molar-refractivity contribution in [3.63, 3.8) is 0 Å². The third-order valence-electron chi connectivity index (χ3n) is 12.4. The summed E-state index contributed by atoms with van der Waals surface area (Å²) in [6.07, 6.45) is 7.68. The highest BCUT2D eigenvalue weighted by Crippen LogP contribution is 2.42. The molecule has 5 nitrogen and oxygen atoms in total. The molecule has 1 atom stereocenters. The Kier molecular flexibility index (Phi) is 8.56. The summed E-state index contributed by atoms with van der Waals surface area (Å²) in [4.78, 5) is 15.9. The molecule has 1 unspecified atom stereocenters. The van der Waals surface area contributed by atoms with E-state index in [2.05, 4.69) is 209 Å². The summed E-state index contributed by atoms with van der Waals surface area (Å²) >= 11 is 0. The second-order valence-electron chi connectivity index (χ2n) is 16.0. The van der Waals surface area contributed by atoms with Crippen molar-refractivity contribution in [2.24, 2.45) is 0 Å². The Morgan fingerprint density at radius 2 is 0.935 bits per heavy atom. The topological polar surface area (TPSA) is 48.5 Å². The summed E-state index contributed by atoms with van der Waals surface area (Å²) in [6, 6.07) is 71.0. The van der Waals surface area contributed by atoms with Crippen LogP contribution in [0.25, 0.3) is 94.7 Å². The largest absolute Gasteiger partial charge is 0.307 e. The van der Waals surface area contributed by atoms with Gasteiger partial charge in [0.2, 0.25) is 5.95 Å². The van der Waals surface area contributed by atoms with Gasteiger partial charge in [-0.3, -0.25) is 4.57 Å². The number of rotatable bonds is 7. The van der Waals surface area contributed by atoms with E-state index in [1.807, 2.05) is 18.2 Å². The third kappa shape index (κ3) is 6.05. The van der Waals surface area contributed by atoms with Gasteiger partial charge < -0.3 is 4.57 Å². The van der Waals surface area contributed by atoms with Crippen molar-refractivity contribution < 1.29 is 0 Å². The van der Waals surface area contributed by atoms with Crippen molar-refractivity contribution in [3.8, 4) is 45.5 Å². The van der Waals surface area contributed by atoms with Crippen molar-refractivity contribution in [1.82, 2.24) is 24.1 Å². The van der Waals surface area contributed by atoms with Gasteiger partial charge in [-0.25, -0.2) is 4.98 Å². The molecule has 3 heterocycles. The first-order chi connectivity index (χ1) is 30.7. The van der Waals surface area contributed by atoms with E-state index >= 15 is 0 Å². The Balaban J connectivity index is 1.08. The molecule has 0 amide bonds. The third-order valence-corrected chi connectivity index (χ3v) is 12.4. The minimum atomic E-state index is 0.347. The second kappa shape index (κ2) is 14.8. The number of hydrogen-bond acceptors (Lipinski definition) is 3. The fourth-order valence-corrected chi connectivity index (χ4v) is 9.40. The lowest BCUT2D eigenvalue weighted by molar-refractivity contribution is 0.867. The predicted molar refractivity (Wildman–Crippen MR) is 256 cm³/mol. The standard InChI is InChI=1S/C57H39N5/c1-4-16-38(17-5-1)43-22-14-23-44(36-43)40-30-32-42(33-31-40)56-58-55(41-20-8-3-9-21-41)59-57(60-56)62-52-29-13-11-27-48(52)50-35-34-49-47-26-10-12-28-51(47)61(53(49)54(50)62)46-25-15-24-45(37-46)39-18-6-2-7-19-39/h1-35,37,43H,36H2. The molecule has 0 radical (unpaired) electrons. The molecule has 0 saturated heterocycles. The summed E-state index contributed by atoms with van der Waals surface area (Å²) < 4.78 is 4.68. The van der Waals surface area contributed by atoms with Gasteiger partial charge in [-0.1, -0.05) is 194 Å².